The molecule has 9 N–H and O–H groups in total. The average Bonchev–Trinajstić information content (AvgIpc) is 4.05. The summed E-state index contributed by atoms with van der Waals surface area (Å²) in [7, 11) is 0. The van der Waals surface area contributed by atoms with Crippen LogP contribution < -0.4 is 37.1 Å². The van der Waals surface area contributed by atoms with Crippen molar-refractivity contribution >= 4 is 46.5 Å². The topological polar surface area (TPSA) is 252 Å². The van der Waals surface area contributed by atoms with Crippen molar-refractivity contribution in [3.05, 3.63) is 192 Å². The number of alkyl carbamates (subject to hydrolysis) is 1. The highest BCUT2D eigenvalue weighted by Crippen LogP contribution is 2.20. The fraction of sp³-hybridized carbons (Fsp3) is 0.226. The number of aromatic nitrogens is 3. The Morgan fingerprint density at radius 1 is 0.543 bits per heavy atom. The molecule has 17 heteroatoms. The van der Waals surface area contributed by atoms with Crippen LogP contribution in [-0.2, 0) is 67.6 Å². The number of benzene rings is 5. The largest absolute Gasteiger partial charge is 0.489 e. The minimum absolute atomic E-state index is 0.0110. The molecule has 0 radical (unpaired) electrons. The molecule has 0 aliphatic heterocycles. The van der Waals surface area contributed by atoms with Gasteiger partial charge in [0.05, 0.1) is 6.33 Å². The Kier molecular flexibility index (Phi) is 17.1. The van der Waals surface area contributed by atoms with Crippen LogP contribution in [0.15, 0.2) is 158 Å². The van der Waals surface area contributed by atoms with Crippen LogP contribution in [0.1, 0.15) is 40.4 Å². The van der Waals surface area contributed by atoms with Gasteiger partial charge in [-0.3, -0.25) is 24.0 Å². The van der Waals surface area contributed by atoms with E-state index >= 15 is 0 Å². The first-order valence-electron chi connectivity index (χ1n) is 22.8. The van der Waals surface area contributed by atoms with Crippen molar-refractivity contribution < 1.29 is 38.2 Å². The highest BCUT2D eigenvalue weighted by atomic mass is 16.5. The van der Waals surface area contributed by atoms with E-state index in [9.17, 15) is 28.8 Å². The monoisotopic (exact) mass is 945 g/mol. The number of primary amides is 1. The zero-order valence-corrected chi connectivity index (χ0v) is 38.4. The number of carbonyl (C=O) groups excluding carboxylic acids is 6. The van der Waals surface area contributed by atoms with Gasteiger partial charge < -0.3 is 51.8 Å². The number of amides is 6. The van der Waals surface area contributed by atoms with Gasteiger partial charge in [0.1, 0.15) is 49.2 Å². The van der Waals surface area contributed by atoms with Crippen molar-refractivity contribution in [1.29, 1.82) is 0 Å². The van der Waals surface area contributed by atoms with Crippen LogP contribution in [0.4, 0.5) is 4.79 Å². The predicted molar refractivity (Wildman–Crippen MR) is 262 cm³/mol. The fourth-order valence-electron chi connectivity index (χ4n) is 7.63. The minimum atomic E-state index is -1.32. The fourth-order valence-corrected chi connectivity index (χ4v) is 7.63. The number of hydrogen-bond donors (Lipinski definition) is 8. The summed E-state index contributed by atoms with van der Waals surface area (Å²) < 4.78 is 11.5. The van der Waals surface area contributed by atoms with E-state index in [1.807, 2.05) is 78.9 Å². The standard InChI is InChI=1S/C53H55N9O8/c1-34(48(54)63)58-49(64)46(27-39-29-56-43-20-12-11-19-42(39)43)61-51(66)44(25-35-13-5-2-6-14-35)59-50(65)45(26-36-21-23-41(24-22-36)69-31-37-15-7-3-8-16-37)60-52(67)47(28-40-30-55-33-57-40)62-53(68)70-32-38-17-9-4-10-18-38/h2-24,29-30,33-34,44-47,56H,25-28,31-32H2,1H3,(H2,54,63)(H,55,57)(H,58,64)(H,59,65)(H,60,67)(H,61,66)(H,62,68)/t34-,44+,45+,46+,47+/m1/s1. The highest BCUT2D eigenvalue weighted by Gasteiger charge is 2.33. The number of nitrogens with zero attached hydrogens (tertiary/aromatic N) is 1. The molecule has 0 aliphatic rings. The van der Waals surface area contributed by atoms with Gasteiger partial charge in [0.2, 0.25) is 29.5 Å². The number of ether oxygens (including phenoxy) is 2. The zero-order chi connectivity index (χ0) is 49.2. The van der Waals surface area contributed by atoms with Crippen molar-refractivity contribution in [2.75, 3.05) is 0 Å². The first kappa shape index (κ1) is 49.2. The van der Waals surface area contributed by atoms with Crippen LogP contribution >= 0.6 is 0 Å². The molecule has 17 nitrogen and oxygen atoms in total. The van der Waals surface area contributed by atoms with Crippen LogP contribution in [0.3, 0.4) is 0 Å². The SMILES string of the molecule is C[C@@H](NC(=O)[C@H](Cc1c[nH]c2ccccc12)NC(=O)[C@H](Cc1ccccc1)NC(=O)[C@H](Cc1ccc(OCc2ccccc2)cc1)NC(=O)[C@H](Cc1cnc[nH]1)NC(=O)OCc1ccccc1)C(N)=O. The predicted octanol–water partition coefficient (Wildman–Crippen LogP) is 4.48. The number of nitrogens with two attached hydrogens (primary N) is 1. The van der Waals surface area contributed by atoms with Gasteiger partial charge in [-0.25, -0.2) is 9.78 Å². The Morgan fingerprint density at radius 3 is 1.61 bits per heavy atom. The van der Waals surface area contributed by atoms with E-state index in [4.69, 9.17) is 15.2 Å². The summed E-state index contributed by atoms with van der Waals surface area (Å²) in [6.07, 6.45) is 3.73. The van der Waals surface area contributed by atoms with Gasteiger partial charge >= 0.3 is 6.09 Å². The lowest BCUT2D eigenvalue weighted by Gasteiger charge is -2.27. The van der Waals surface area contributed by atoms with Gasteiger partial charge in [0, 0.05) is 54.7 Å². The Balaban J connectivity index is 1.15. The van der Waals surface area contributed by atoms with Crippen molar-refractivity contribution in [1.82, 2.24) is 41.5 Å². The Bertz CT molecular complexity index is 2820. The molecule has 6 amide bonds. The second kappa shape index (κ2) is 24.3. The second-order valence-corrected chi connectivity index (χ2v) is 16.7. The van der Waals surface area contributed by atoms with E-state index in [1.165, 1.54) is 19.4 Å². The molecule has 2 aromatic heterocycles. The molecule has 0 saturated heterocycles. The van der Waals surface area contributed by atoms with E-state index in [0.29, 0.717) is 34.7 Å². The van der Waals surface area contributed by atoms with Crippen molar-refractivity contribution in [2.45, 2.75) is 76.0 Å². The maximum Gasteiger partial charge on any atom is 0.408 e. The molecule has 0 fully saturated rings. The Morgan fingerprint density at radius 2 is 1.04 bits per heavy atom. The molecule has 0 saturated carbocycles. The molecular formula is C53H55N9O8. The third kappa shape index (κ3) is 14.4. The number of carbonyl (C=O) groups is 6. The number of fused-ring (bicyclic) bond motifs is 1. The van der Waals surface area contributed by atoms with Gasteiger partial charge in [-0.15, -0.1) is 0 Å². The molecule has 5 atom stereocenters. The first-order valence-corrected chi connectivity index (χ1v) is 22.8. The first-order chi connectivity index (χ1) is 34.0. The van der Waals surface area contributed by atoms with Crippen LogP contribution in [0.5, 0.6) is 5.75 Å². The van der Waals surface area contributed by atoms with E-state index in [0.717, 1.165) is 22.0 Å². The summed E-state index contributed by atoms with van der Waals surface area (Å²) in [5.74, 6) is -3.04. The quantitative estimate of drug-likeness (QED) is 0.0450. The second-order valence-electron chi connectivity index (χ2n) is 16.7. The lowest BCUT2D eigenvalue weighted by Crippen LogP contribution is -2.60. The molecule has 5 aromatic carbocycles. The third-order valence-electron chi connectivity index (χ3n) is 11.5. The molecule has 7 aromatic rings. The maximum atomic E-state index is 14.8. The Hall–Kier alpha value is -8.73. The summed E-state index contributed by atoms with van der Waals surface area (Å²) in [5, 5.41) is 14.6. The number of H-pyrrole nitrogens is 2. The smallest absolute Gasteiger partial charge is 0.408 e. The third-order valence-corrected chi connectivity index (χ3v) is 11.5. The number of para-hydroxylation sites is 1. The Labute approximate surface area is 404 Å². The molecule has 0 unspecified atom stereocenters. The molecule has 0 spiro atoms. The lowest BCUT2D eigenvalue weighted by molar-refractivity contribution is -0.134. The van der Waals surface area contributed by atoms with Gasteiger partial charge in [0.15, 0.2) is 0 Å². The molecule has 360 valence electrons. The highest BCUT2D eigenvalue weighted by molar-refractivity contribution is 5.97. The normalized spacial score (nSPS) is 13.1. The van der Waals surface area contributed by atoms with Crippen molar-refractivity contribution in [2.24, 2.45) is 5.73 Å². The summed E-state index contributed by atoms with van der Waals surface area (Å²) in [5.41, 5.74) is 10.6. The zero-order valence-electron chi connectivity index (χ0n) is 38.4. The summed E-state index contributed by atoms with van der Waals surface area (Å²) in [6, 6.07) is 36.1. The number of rotatable bonds is 23. The molecule has 70 heavy (non-hydrogen) atoms. The van der Waals surface area contributed by atoms with Crippen LogP contribution in [0.2, 0.25) is 0 Å². The molecule has 2 heterocycles. The van der Waals surface area contributed by atoms with Crippen molar-refractivity contribution in [3.63, 3.8) is 0 Å². The summed E-state index contributed by atoms with van der Waals surface area (Å²) in [6.45, 7) is 1.71. The van der Waals surface area contributed by atoms with Crippen LogP contribution in [0, 0.1) is 0 Å². The average molecular weight is 946 g/mol. The van der Waals surface area contributed by atoms with E-state index < -0.39 is 65.8 Å². The molecule has 0 aliphatic carbocycles. The van der Waals surface area contributed by atoms with Gasteiger partial charge in [-0.2, -0.15) is 0 Å². The van der Waals surface area contributed by atoms with Crippen LogP contribution in [-0.4, -0.2) is 80.8 Å². The molecule has 0 bridgehead atoms. The summed E-state index contributed by atoms with van der Waals surface area (Å²) in [4.78, 5) is 93.1. The minimum Gasteiger partial charge on any atom is -0.489 e. The number of hydrogen-bond acceptors (Lipinski definition) is 9. The number of imidazole rings is 1. The van der Waals surface area contributed by atoms with E-state index in [-0.39, 0.29) is 32.3 Å². The van der Waals surface area contributed by atoms with Gasteiger partial charge in [-0.05, 0) is 52.9 Å². The summed E-state index contributed by atoms with van der Waals surface area (Å²) >= 11 is 0. The lowest BCUT2D eigenvalue weighted by atomic mass is 10.0. The number of aromatic amines is 2. The molecule has 7 rings (SSSR count). The molecular weight excluding hydrogens is 891 g/mol. The van der Waals surface area contributed by atoms with E-state index in [1.54, 1.807) is 66.9 Å². The maximum absolute atomic E-state index is 14.8. The van der Waals surface area contributed by atoms with E-state index in [2.05, 4.69) is 41.5 Å². The van der Waals surface area contributed by atoms with Gasteiger partial charge in [-0.1, -0.05) is 121 Å². The van der Waals surface area contributed by atoms with Crippen LogP contribution in [0.25, 0.3) is 10.9 Å². The number of nitrogens with one attached hydrogen (secondary N) is 7. The van der Waals surface area contributed by atoms with Gasteiger partial charge in [0.25, 0.3) is 0 Å². The van der Waals surface area contributed by atoms with Crippen molar-refractivity contribution in [3.8, 4) is 5.75 Å².